The standard InChI is InChI=1S/C28H27ClFN5O2.3ClH/c1-35(2)10-9-31-25-8-6-19(14-33-25)34-26-20-11-17(18-12-22(29)28(37)23(30)13-18)5-7-24(20)32-15-21(26)27(36)16-3-4-16;;;/h5-8,11-16,37H,3-4,9-10H2,1-2H3,(H,31,33)(H,32,34);3*1H. The third-order valence-electron chi connectivity index (χ3n) is 6.33. The number of carbonyl (C=O) groups is 1. The van der Waals surface area contributed by atoms with Gasteiger partial charge in [0.05, 0.1) is 33.7 Å². The number of halogens is 5. The molecule has 1 aliphatic rings. The zero-order chi connectivity index (χ0) is 26.1. The number of nitrogens with one attached hydrogen (secondary N) is 2. The van der Waals surface area contributed by atoms with E-state index in [9.17, 15) is 14.3 Å². The van der Waals surface area contributed by atoms with Gasteiger partial charge in [0.1, 0.15) is 5.82 Å². The van der Waals surface area contributed by atoms with Crippen LogP contribution >= 0.6 is 48.8 Å². The lowest BCUT2D eigenvalue weighted by Crippen LogP contribution is -2.21. The summed E-state index contributed by atoms with van der Waals surface area (Å²) < 4.78 is 14.2. The Bertz CT molecular complexity index is 1460. The zero-order valence-corrected chi connectivity index (χ0v) is 25.0. The van der Waals surface area contributed by atoms with E-state index in [1.807, 2.05) is 38.4 Å². The number of carbonyl (C=O) groups excluding carboxylic acids is 1. The average molecular weight is 629 g/mol. The molecule has 0 unspecified atom stereocenters. The second kappa shape index (κ2) is 14.1. The summed E-state index contributed by atoms with van der Waals surface area (Å²) in [5.41, 5.74) is 3.72. The third-order valence-corrected chi connectivity index (χ3v) is 6.62. The molecule has 7 nitrogen and oxygen atoms in total. The van der Waals surface area contributed by atoms with Gasteiger partial charge in [-0.3, -0.25) is 9.78 Å². The Balaban J connectivity index is 0.00000187. The van der Waals surface area contributed by atoms with Crippen LogP contribution in [0.25, 0.3) is 22.0 Å². The largest absolute Gasteiger partial charge is 0.504 e. The summed E-state index contributed by atoms with van der Waals surface area (Å²) in [6.45, 7) is 1.66. The minimum absolute atomic E-state index is 0. The molecule has 1 fully saturated rings. The van der Waals surface area contributed by atoms with Gasteiger partial charge in [-0.25, -0.2) is 9.37 Å². The van der Waals surface area contributed by atoms with E-state index in [2.05, 4.69) is 25.5 Å². The SMILES string of the molecule is CN(C)CCNc1ccc(Nc2c(C(=O)C3CC3)cnc3ccc(-c4cc(F)c(O)c(Cl)c4)cc23)cn1.Cl.Cl.Cl. The molecular weight excluding hydrogens is 599 g/mol. The van der Waals surface area contributed by atoms with Crippen molar-refractivity contribution in [2.75, 3.05) is 37.8 Å². The van der Waals surface area contributed by atoms with E-state index < -0.39 is 11.6 Å². The Hall–Kier alpha value is -2.88. The summed E-state index contributed by atoms with van der Waals surface area (Å²) in [6, 6.07) is 12.0. The number of anilines is 3. The molecule has 12 heteroatoms. The maximum absolute atomic E-state index is 14.2. The van der Waals surface area contributed by atoms with Gasteiger partial charge in [0, 0.05) is 30.6 Å². The number of fused-ring (bicyclic) bond motifs is 1. The minimum Gasteiger partial charge on any atom is -0.504 e. The predicted octanol–water partition coefficient (Wildman–Crippen LogP) is 7.37. The maximum atomic E-state index is 14.2. The first-order chi connectivity index (χ1) is 17.8. The third kappa shape index (κ3) is 7.44. The quantitative estimate of drug-likeness (QED) is 0.167. The highest BCUT2D eigenvalue weighted by Gasteiger charge is 2.32. The van der Waals surface area contributed by atoms with Gasteiger partial charge in [-0.2, -0.15) is 0 Å². The number of Topliss-reactive ketones (excluding diaryl/α,β-unsaturated/α-hetero) is 1. The van der Waals surface area contributed by atoms with Crippen molar-refractivity contribution in [3.05, 3.63) is 71.3 Å². The fourth-order valence-electron chi connectivity index (χ4n) is 4.12. The van der Waals surface area contributed by atoms with Crippen molar-refractivity contribution >= 4 is 82.7 Å². The van der Waals surface area contributed by atoms with E-state index in [-0.39, 0.29) is 53.9 Å². The number of aromatic nitrogens is 2. The van der Waals surface area contributed by atoms with Gasteiger partial charge in [-0.1, -0.05) is 17.7 Å². The van der Waals surface area contributed by atoms with Crippen molar-refractivity contribution in [2.45, 2.75) is 12.8 Å². The topological polar surface area (TPSA) is 90.4 Å². The van der Waals surface area contributed by atoms with Crippen LogP contribution in [0.3, 0.4) is 0 Å². The Labute approximate surface area is 255 Å². The van der Waals surface area contributed by atoms with Gasteiger partial charge in [0.25, 0.3) is 0 Å². The molecule has 4 aromatic rings. The lowest BCUT2D eigenvalue weighted by atomic mass is 9.98. The Morgan fingerprint density at radius 3 is 2.42 bits per heavy atom. The number of nitrogens with zero attached hydrogens (tertiary/aromatic N) is 3. The molecule has 0 radical (unpaired) electrons. The van der Waals surface area contributed by atoms with Gasteiger partial charge in [0.15, 0.2) is 17.3 Å². The summed E-state index contributed by atoms with van der Waals surface area (Å²) >= 11 is 6.02. The number of hydrogen-bond acceptors (Lipinski definition) is 7. The summed E-state index contributed by atoms with van der Waals surface area (Å²) in [4.78, 5) is 24.3. The smallest absolute Gasteiger partial charge is 0.170 e. The molecule has 0 bridgehead atoms. The molecule has 1 saturated carbocycles. The maximum Gasteiger partial charge on any atom is 0.170 e. The number of hydrogen-bond donors (Lipinski definition) is 3. The molecule has 5 rings (SSSR count). The van der Waals surface area contributed by atoms with Crippen molar-refractivity contribution in [1.29, 1.82) is 0 Å². The first-order valence-electron chi connectivity index (χ1n) is 12.1. The number of ketones is 1. The van der Waals surface area contributed by atoms with Gasteiger partial charge in [0.2, 0.25) is 0 Å². The van der Waals surface area contributed by atoms with Crippen LogP contribution in [0.15, 0.2) is 54.9 Å². The summed E-state index contributed by atoms with van der Waals surface area (Å²) in [6.07, 6.45) is 5.08. The number of phenols is 1. The van der Waals surface area contributed by atoms with E-state index in [0.29, 0.717) is 33.3 Å². The zero-order valence-electron chi connectivity index (χ0n) is 21.8. The van der Waals surface area contributed by atoms with E-state index in [4.69, 9.17) is 11.6 Å². The highest BCUT2D eigenvalue weighted by atomic mass is 35.5. The van der Waals surface area contributed by atoms with Gasteiger partial charge >= 0.3 is 0 Å². The number of aromatic hydroxyl groups is 1. The molecular formula is C28H30Cl4FN5O2. The van der Waals surface area contributed by atoms with Crippen molar-refractivity contribution in [2.24, 2.45) is 5.92 Å². The van der Waals surface area contributed by atoms with Gasteiger partial charge in [-0.05, 0) is 74.5 Å². The normalized spacial score (nSPS) is 12.2. The van der Waals surface area contributed by atoms with Crippen molar-refractivity contribution in [3.8, 4) is 16.9 Å². The second-order valence-corrected chi connectivity index (χ2v) is 9.90. The number of pyridine rings is 2. The second-order valence-electron chi connectivity index (χ2n) is 9.49. The number of likely N-dealkylation sites (N-methyl/N-ethyl adjacent to an activating group) is 1. The van der Waals surface area contributed by atoms with Crippen molar-refractivity contribution < 1.29 is 14.3 Å². The summed E-state index contributed by atoms with van der Waals surface area (Å²) in [5.74, 6) is -0.568. The Morgan fingerprint density at radius 2 is 1.80 bits per heavy atom. The van der Waals surface area contributed by atoms with Gasteiger partial charge < -0.3 is 20.6 Å². The van der Waals surface area contributed by atoms with Crippen LogP contribution in [0.4, 0.5) is 21.6 Å². The van der Waals surface area contributed by atoms with Crippen LogP contribution in [-0.2, 0) is 0 Å². The van der Waals surface area contributed by atoms with Crippen molar-refractivity contribution in [3.63, 3.8) is 0 Å². The molecule has 2 aromatic heterocycles. The van der Waals surface area contributed by atoms with Gasteiger partial charge in [-0.15, -0.1) is 37.2 Å². The first kappa shape index (κ1) is 33.3. The van der Waals surface area contributed by atoms with E-state index in [0.717, 1.165) is 37.4 Å². The van der Waals surface area contributed by atoms with Crippen LogP contribution in [-0.4, -0.2) is 52.9 Å². The minimum atomic E-state index is -0.804. The average Bonchev–Trinajstić information content (AvgIpc) is 3.73. The van der Waals surface area contributed by atoms with Crippen LogP contribution in [0.5, 0.6) is 5.75 Å². The molecule has 1 aliphatic carbocycles. The predicted molar refractivity (Wildman–Crippen MR) is 167 cm³/mol. The van der Waals surface area contributed by atoms with Crippen LogP contribution < -0.4 is 10.6 Å². The highest BCUT2D eigenvalue weighted by molar-refractivity contribution is 6.32. The molecule has 0 atom stereocenters. The molecule has 3 N–H and O–H groups in total. The Morgan fingerprint density at radius 1 is 1.05 bits per heavy atom. The highest BCUT2D eigenvalue weighted by Crippen LogP contribution is 2.39. The molecule has 40 heavy (non-hydrogen) atoms. The molecule has 0 aliphatic heterocycles. The van der Waals surface area contributed by atoms with Crippen molar-refractivity contribution in [1.82, 2.24) is 14.9 Å². The van der Waals surface area contributed by atoms with Crippen LogP contribution in [0.1, 0.15) is 23.2 Å². The van der Waals surface area contributed by atoms with E-state index in [1.54, 1.807) is 18.5 Å². The van der Waals surface area contributed by atoms with Crippen LogP contribution in [0.2, 0.25) is 5.02 Å². The number of rotatable bonds is 9. The molecule has 0 amide bonds. The lowest BCUT2D eigenvalue weighted by Gasteiger charge is -2.16. The summed E-state index contributed by atoms with van der Waals surface area (Å²) in [5, 5.41) is 17.0. The molecule has 2 aromatic carbocycles. The fraction of sp³-hybridized carbons (Fsp3) is 0.250. The summed E-state index contributed by atoms with van der Waals surface area (Å²) in [7, 11) is 4.03. The molecule has 0 saturated heterocycles. The monoisotopic (exact) mass is 627 g/mol. The first-order valence-corrected chi connectivity index (χ1v) is 12.4. The van der Waals surface area contributed by atoms with E-state index >= 15 is 0 Å². The molecule has 2 heterocycles. The van der Waals surface area contributed by atoms with Crippen LogP contribution in [0, 0.1) is 11.7 Å². The lowest BCUT2D eigenvalue weighted by molar-refractivity contribution is 0.0968. The van der Waals surface area contributed by atoms with E-state index in [1.165, 1.54) is 12.1 Å². The number of benzene rings is 2. The number of phenolic OH excluding ortho intramolecular Hbond substituents is 1. The Kier molecular flexibility index (Phi) is 11.8. The fourth-order valence-corrected chi connectivity index (χ4v) is 4.32. The molecule has 0 spiro atoms. The molecule has 214 valence electrons.